The van der Waals surface area contributed by atoms with E-state index in [1.165, 1.54) is 11.2 Å². The fourth-order valence-electron chi connectivity index (χ4n) is 4.07. The standard InChI is InChI=1S/C21H22F3N3O5S/c22-21(23,24)16-3-1-5-18(12-16)33(30,31)27-8-6-25(7-9-27)20(29)15-11-19(28)26(13-15)14-17-4-2-10-32-17/h1-5,10,12,15H,6-9,11,13-14H2/t15-/m1/s1. The van der Waals surface area contributed by atoms with Gasteiger partial charge in [-0.25, -0.2) is 8.42 Å². The zero-order valence-electron chi connectivity index (χ0n) is 17.5. The molecule has 2 aliphatic heterocycles. The molecule has 2 fully saturated rings. The summed E-state index contributed by atoms with van der Waals surface area (Å²) in [5, 5.41) is 0. The van der Waals surface area contributed by atoms with E-state index in [4.69, 9.17) is 4.42 Å². The molecule has 12 heteroatoms. The van der Waals surface area contributed by atoms with E-state index < -0.39 is 32.6 Å². The van der Waals surface area contributed by atoms with Crippen LogP contribution in [-0.4, -0.2) is 67.1 Å². The van der Waals surface area contributed by atoms with Gasteiger partial charge in [-0.3, -0.25) is 9.59 Å². The molecule has 1 aromatic heterocycles. The van der Waals surface area contributed by atoms with E-state index in [0.717, 1.165) is 22.5 Å². The highest BCUT2D eigenvalue weighted by Gasteiger charge is 2.39. The normalized spacial score (nSPS) is 20.5. The fraction of sp³-hybridized carbons (Fsp3) is 0.429. The van der Waals surface area contributed by atoms with Gasteiger partial charge in [0, 0.05) is 39.1 Å². The second-order valence-corrected chi connectivity index (χ2v) is 9.95. The number of sulfonamides is 1. The number of halogens is 3. The lowest BCUT2D eigenvalue weighted by atomic mass is 10.1. The number of likely N-dealkylation sites (tertiary alicyclic amines) is 1. The molecule has 0 bridgehead atoms. The van der Waals surface area contributed by atoms with E-state index >= 15 is 0 Å². The second-order valence-electron chi connectivity index (χ2n) is 8.01. The number of hydrogen-bond acceptors (Lipinski definition) is 5. The fourth-order valence-corrected chi connectivity index (χ4v) is 5.54. The van der Waals surface area contributed by atoms with Gasteiger partial charge in [-0.15, -0.1) is 0 Å². The van der Waals surface area contributed by atoms with Gasteiger partial charge in [0.25, 0.3) is 0 Å². The molecule has 1 atom stereocenters. The number of rotatable bonds is 5. The Labute approximate surface area is 188 Å². The summed E-state index contributed by atoms with van der Waals surface area (Å²) in [4.78, 5) is 27.8. The Kier molecular flexibility index (Phi) is 6.23. The smallest absolute Gasteiger partial charge is 0.416 e. The lowest BCUT2D eigenvalue weighted by Crippen LogP contribution is -2.52. The zero-order valence-corrected chi connectivity index (χ0v) is 18.3. The topological polar surface area (TPSA) is 91.1 Å². The van der Waals surface area contributed by atoms with Crippen LogP contribution in [0.15, 0.2) is 52.0 Å². The number of amides is 2. The maximum Gasteiger partial charge on any atom is 0.416 e. The highest BCUT2D eigenvalue weighted by Crippen LogP contribution is 2.31. The Morgan fingerprint density at radius 1 is 1.09 bits per heavy atom. The van der Waals surface area contributed by atoms with Crippen LogP contribution in [0, 0.1) is 5.92 Å². The molecule has 4 rings (SSSR count). The van der Waals surface area contributed by atoms with Gasteiger partial charge in [0.05, 0.1) is 29.2 Å². The van der Waals surface area contributed by atoms with Gasteiger partial charge in [-0.1, -0.05) is 6.07 Å². The van der Waals surface area contributed by atoms with E-state index in [9.17, 15) is 31.2 Å². The van der Waals surface area contributed by atoms with Crippen LogP contribution in [0.1, 0.15) is 17.7 Å². The summed E-state index contributed by atoms with van der Waals surface area (Å²) >= 11 is 0. The first-order valence-corrected chi connectivity index (χ1v) is 11.8. The summed E-state index contributed by atoms with van der Waals surface area (Å²) in [6.07, 6.45) is -3.08. The van der Waals surface area contributed by atoms with Crippen molar-refractivity contribution >= 4 is 21.8 Å². The first kappa shape index (κ1) is 23.3. The Morgan fingerprint density at radius 2 is 1.82 bits per heavy atom. The minimum absolute atomic E-state index is 0.0406. The lowest BCUT2D eigenvalue weighted by molar-refractivity contribution is -0.138. The third kappa shape index (κ3) is 4.91. The monoisotopic (exact) mass is 485 g/mol. The molecule has 0 aliphatic carbocycles. The average Bonchev–Trinajstić information content (AvgIpc) is 3.43. The number of furan rings is 1. The summed E-state index contributed by atoms with van der Waals surface area (Å²) in [5.41, 5.74) is -1.04. The Balaban J connectivity index is 1.37. The van der Waals surface area contributed by atoms with Crippen LogP contribution < -0.4 is 0 Å². The molecule has 33 heavy (non-hydrogen) atoms. The van der Waals surface area contributed by atoms with Crippen molar-refractivity contribution in [3.05, 3.63) is 54.0 Å². The molecule has 1 aromatic carbocycles. The summed E-state index contributed by atoms with van der Waals surface area (Å²) < 4.78 is 70.9. The lowest BCUT2D eigenvalue weighted by Gasteiger charge is -2.35. The highest BCUT2D eigenvalue weighted by molar-refractivity contribution is 7.89. The van der Waals surface area contributed by atoms with Gasteiger partial charge in [-0.05, 0) is 30.3 Å². The number of carbonyl (C=O) groups excluding carboxylic acids is 2. The maximum absolute atomic E-state index is 13.0. The van der Waals surface area contributed by atoms with Crippen LogP contribution in [0.4, 0.5) is 13.2 Å². The molecule has 2 aliphatic rings. The van der Waals surface area contributed by atoms with Gasteiger partial charge in [0.1, 0.15) is 5.76 Å². The van der Waals surface area contributed by atoms with Crippen LogP contribution >= 0.6 is 0 Å². The highest BCUT2D eigenvalue weighted by atomic mass is 32.2. The van der Waals surface area contributed by atoms with E-state index in [-0.39, 0.29) is 57.5 Å². The number of alkyl halides is 3. The Morgan fingerprint density at radius 3 is 2.45 bits per heavy atom. The molecule has 2 saturated heterocycles. The largest absolute Gasteiger partial charge is 0.467 e. The second kappa shape index (κ2) is 8.82. The zero-order chi connectivity index (χ0) is 23.8. The molecule has 2 amide bonds. The molecule has 3 heterocycles. The first-order valence-electron chi connectivity index (χ1n) is 10.3. The predicted molar refractivity (Wildman–Crippen MR) is 109 cm³/mol. The Bertz CT molecular complexity index is 1130. The van der Waals surface area contributed by atoms with E-state index in [1.54, 1.807) is 17.0 Å². The summed E-state index contributed by atoms with van der Waals surface area (Å²) in [6, 6.07) is 7.07. The van der Waals surface area contributed by atoms with Crippen LogP contribution in [0.5, 0.6) is 0 Å². The molecule has 0 spiro atoms. The van der Waals surface area contributed by atoms with E-state index in [1.807, 2.05) is 0 Å². The number of hydrogen-bond donors (Lipinski definition) is 0. The minimum Gasteiger partial charge on any atom is -0.467 e. The summed E-state index contributed by atoms with van der Waals surface area (Å²) in [7, 11) is -4.14. The van der Waals surface area contributed by atoms with Crippen LogP contribution in [0.25, 0.3) is 0 Å². The molecule has 0 radical (unpaired) electrons. The predicted octanol–water partition coefficient (Wildman–Crippen LogP) is 2.18. The SMILES string of the molecule is O=C1C[C@@H](C(=O)N2CCN(S(=O)(=O)c3cccc(C(F)(F)F)c3)CC2)CN1Cc1ccco1. The molecule has 0 N–H and O–H groups in total. The van der Waals surface area contributed by atoms with Gasteiger partial charge >= 0.3 is 6.18 Å². The third-order valence-corrected chi connectivity index (χ3v) is 7.73. The van der Waals surface area contributed by atoms with E-state index in [2.05, 4.69) is 0 Å². The average molecular weight is 485 g/mol. The third-order valence-electron chi connectivity index (χ3n) is 5.84. The quantitative estimate of drug-likeness (QED) is 0.648. The van der Waals surface area contributed by atoms with Crippen molar-refractivity contribution in [3.8, 4) is 0 Å². The van der Waals surface area contributed by atoms with Crippen LogP contribution in [-0.2, 0) is 32.3 Å². The van der Waals surface area contributed by atoms with Crippen molar-refractivity contribution in [3.63, 3.8) is 0 Å². The van der Waals surface area contributed by atoms with Gasteiger partial charge in [-0.2, -0.15) is 17.5 Å². The maximum atomic E-state index is 13.0. The van der Waals surface area contributed by atoms with Gasteiger partial charge < -0.3 is 14.2 Å². The van der Waals surface area contributed by atoms with Crippen molar-refractivity contribution in [2.24, 2.45) is 5.92 Å². The number of piperazine rings is 1. The van der Waals surface area contributed by atoms with E-state index in [0.29, 0.717) is 11.8 Å². The van der Waals surface area contributed by atoms with Crippen molar-refractivity contribution in [1.29, 1.82) is 0 Å². The number of benzene rings is 1. The minimum atomic E-state index is -4.65. The molecular weight excluding hydrogens is 463 g/mol. The van der Waals surface area contributed by atoms with Gasteiger partial charge in [0.15, 0.2) is 0 Å². The molecule has 0 saturated carbocycles. The molecule has 178 valence electrons. The number of carbonyl (C=O) groups is 2. The van der Waals surface area contributed by atoms with Crippen molar-refractivity contribution in [2.45, 2.75) is 24.0 Å². The molecule has 2 aromatic rings. The number of nitrogens with zero attached hydrogens (tertiary/aromatic N) is 3. The van der Waals surface area contributed by atoms with Crippen molar-refractivity contribution in [2.75, 3.05) is 32.7 Å². The first-order chi connectivity index (χ1) is 15.6. The van der Waals surface area contributed by atoms with Crippen molar-refractivity contribution < 1.29 is 35.6 Å². The van der Waals surface area contributed by atoms with Crippen LogP contribution in [0.3, 0.4) is 0 Å². The van der Waals surface area contributed by atoms with Crippen molar-refractivity contribution in [1.82, 2.24) is 14.1 Å². The molecular formula is C21H22F3N3O5S. The van der Waals surface area contributed by atoms with Crippen LogP contribution in [0.2, 0.25) is 0 Å². The molecule has 8 nitrogen and oxygen atoms in total. The Hall–Kier alpha value is -2.86. The summed E-state index contributed by atoms with van der Waals surface area (Å²) in [5.74, 6) is -0.305. The van der Waals surface area contributed by atoms with Gasteiger partial charge in [0.2, 0.25) is 21.8 Å². The summed E-state index contributed by atoms with van der Waals surface area (Å²) in [6.45, 7) is 0.641. The molecule has 0 unspecified atom stereocenters.